The van der Waals surface area contributed by atoms with Crippen LogP contribution in [0.3, 0.4) is 0 Å². The zero-order chi connectivity index (χ0) is 22.0. The van der Waals surface area contributed by atoms with Crippen LogP contribution in [0, 0.1) is 0 Å². The monoisotopic (exact) mass is 423 g/mol. The Kier molecular flexibility index (Phi) is 5.92. The minimum absolute atomic E-state index is 0.0913. The van der Waals surface area contributed by atoms with Gasteiger partial charge in [-0.2, -0.15) is 5.10 Å². The number of aromatic nitrogens is 4. The number of anilines is 1. The van der Waals surface area contributed by atoms with Crippen molar-refractivity contribution in [2.24, 2.45) is 0 Å². The number of fused-ring (bicyclic) bond motifs is 1. The van der Waals surface area contributed by atoms with E-state index < -0.39 is 0 Å². The van der Waals surface area contributed by atoms with E-state index >= 15 is 0 Å². The summed E-state index contributed by atoms with van der Waals surface area (Å²) in [6, 6.07) is 8.61. The number of H-pyrrole nitrogens is 1. The number of rotatable bonds is 6. The van der Waals surface area contributed by atoms with E-state index in [1.165, 1.54) is 6.92 Å². The van der Waals surface area contributed by atoms with Crippen LogP contribution in [0.5, 0.6) is 0 Å². The summed E-state index contributed by atoms with van der Waals surface area (Å²) in [4.78, 5) is 35.5. The van der Waals surface area contributed by atoms with Crippen molar-refractivity contribution in [3.63, 3.8) is 0 Å². The van der Waals surface area contributed by atoms with Gasteiger partial charge in [0.05, 0.1) is 6.20 Å². The average molecular weight is 424 g/mol. The van der Waals surface area contributed by atoms with Crippen LogP contribution in [0.1, 0.15) is 33.2 Å². The lowest BCUT2D eigenvalue weighted by atomic mass is 10.1. The first-order chi connectivity index (χ1) is 14.9. The van der Waals surface area contributed by atoms with Gasteiger partial charge in [0, 0.05) is 63.4 Å². The summed E-state index contributed by atoms with van der Waals surface area (Å²) < 4.78 is 1.92. The Labute approximate surface area is 181 Å². The second-order valence-corrected chi connectivity index (χ2v) is 8.15. The van der Waals surface area contributed by atoms with Gasteiger partial charge in [-0.15, -0.1) is 0 Å². The van der Waals surface area contributed by atoms with Gasteiger partial charge in [-0.05, 0) is 38.1 Å². The van der Waals surface area contributed by atoms with Gasteiger partial charge in [0.1, 0.15) is 11.3 Å². The van der Waals surface area contributed by atoms with E-state index in [-0.39, 0.29) is 17.9 Å². The summed E-state index contributed by atoms with van der Waals surface area (Å²) >= 11 is 0. The lowest BCUT2D eigenvalue weighted by Gasteiger charge is -2.36. The van der Waals surface area contributed by atoms with Crippen LogP contribution >= 0.6 is 0 Å². The van der Waals surface area contributed by atoms with Crippen molar-refractivity contribution in [3.8, 4) is 11.4 Å². The molecule has 1 aromatic carbocycles. The van der Waals surface area contributed by atoms with Gasteiger partial charge in [0.25, 0.3) is 0 Å². The third-order valence-corrected chi connectivity index (χ3v) is 5.58. The summed E-state index contributed by atoms with van der Waals surface area (Å²) in [7, 11) is 0. The second kappa shape index (κ2) is 8.79. The van der Waals surface area contributed by atoms with Gasteiger partial charge in [-0.3, -0.25) is 9.59 Å². The van der Waals surface area contributed by atoms with Crippen LogP contribution in [-0.4, -0.2) is 69.2 Å². The Hall–Kier alpha value is -3.36. The molecule has 164 valence electrons. The number of amides is 2. The van der Waals surface area contributed by atoms with E-state index in [0.29, 0.717) is 26.1 Å². The van der Waals surface area contributed by atoms with Gasteiger partial charge in [0.15, 0.2) is 5.65 Å². The number of carbonyl (C=O) groups excluding carboxylic acids is 2. The highest BCUT2D eigenvalue weighted by atomic mass is 16.2. The molecule has 0 unspecified atom stereocenters. The molecule has 1 aliphatic rings. The molecule has 0 atom stereocenters. The summed E-state index contributed by atoms with van der Waals surface area (Å²) in [5.74, 6) is 0.821. The lowest BCUT2D eigenvalue weighted by molar-refractivity contribution is -0.131. The molecular weight excluding hydrogens is 394 g/mol. The molecule has 2 aromatic heterocycles. The molecule has 9 nitrogen and oxygen atoms in total. The van der Waals surface area contributed by atoms with Crippen molar-refractivity contribution in [1.82, 2.24) is 30.0 Å². The Morgan fingerprint density at radius 1 is 1.13 bits per heavy atom. The number of nitrogens with one attached hydrogen (secondary N) is 2. The number of hydrogen-bond acceptors (Lipinski definition) is 5. The molecule has 4 rings (SSSR count). The van der Waals surface area contributed by atoms with E-state index in [4.69, 9.17) is 4.98 Å². The van der Waals surface area contributed by atoms with Crippen molar-refractivity contribution in [1.29, 1.82) is 0 Å². The van der Waals surface area contributed by atoms with Crippen LogP contribution in [0.25, 0.3) is 22.6 Å². The van der Waals surface area contributed by atoms with Crippen molar-refractivity contribution >= 4 is 28.7 Å². The lowest BCUT2D eigenvalue weighted by Crippen LogP contribution is -2.49. The first-order valence-corrected chi connectivity index (χ1v) is 10.7. The van der Waals surface area contributed by atoms with E-state index in [9.17, 15) is 9.59 Å². The number of aromatic amines is 1. The molecule has 0 radical (unpaired) electrons. The Morgan fingerprint density at radius 2 is 1.84 bits per heavy atom. The van der Waals surface area contributed by atoms with Crippen LogP contribution in [-0.2, 0) is 9.59 Å². The molecule has 0 aliphatic carbocycles. The molecule has 2 amide bonds. The maximum atomic E-state index is 12.3. The minimum Gasteiger partial charge on any atom is -0.368 e. The Bertz CT molecular complexity index is 1060. The molecular formula is C22H29N7O2. The van der Waals surface area contributed by atoms with Crippen LogP contribution < -0.4 is 10.2 Å². The van der Waals surface area contributed by atoms with Crippen molar-refractivity contribution in [2.75, 3.05) is 37.6 Å². The molecule has 1 fully saturated rings. The quantitative estimate of drug-likeness (QED) is 0.633. The first-order valence-electron chi connectivity index (χ1n) is 10.7. The summed E-state index contributed by atoms with van der Waals surface area (Å²) in [6.45, 7) is 9.00. The number of piperazine rings is 1. The van der Waals surface area contributed by atoms with Crippen molar-refractivity contribution < 1.29 is 9.59 Å². The summed E-state index contributed by atoms with van der Waals surface area (Å²) in [5, 5.41) is 7.05. The summed E-state index contributed by atoms with van der Waals surface area (Å²) in [6.07, 6.45) is 2.16. The Morgan fingerprint density at radius 3 is 2.48 bits per heavy atom. The minimum atomic E-state index is -0.106. The molecule has 31 heavy (non-hydrogen) atoms. The van der Waals surface area contributed by atoms with E-state index in [1.54, 1.807) is 0 Å². The van der Waals surface area contributed by atoms with Gasteiger partial charge in [-0.25, -0.2) is 9.67 Å². The summed E-state index contributed by atoms with van der Waals surface area (Å²) in [5.41, 5.74) is 3.97. The standard InChI is InChI=1S/C22H29N7O2/c1-15(2)29-22-19(14-24-29)25-21(26-22)17-4-6-18(7-5-17)27-10-12-28(13-11-27)20(31)8-9-23-16(3)30/h4-7,14-15H,8-13H2,1-3H3,(H,23,30)(H,25,26). The topological polar surface area (TPSA) is 99.2 Å². The Balaban J connectivity index is 1.36. The number of imidazole rings is 1. The smallest absolute Gasteiger partial charge is 0.224 e. The maximum Gasteiger partial charge on any atom is 0.224 e. The van der Waals surface area contributed by atoms with Crippen LogP contribution in [0.15, 0.2) is 30.5 Å². The number of nitrogens with zero attached hydrogens (tertiary/aromatic N) is 5. The zero-order valence-electron chi connectivity index (χ0n) is 18.3. The first kappa shape index (κ1) is 20.9. The third kappa shape index (κ3) is 4.55. The highest BCUT2D eigenvalue weighted by Crippen LogP contribution is 2.25. The van der Waals surface area contributed by atoms with E-state index in [2.05, 4.69) is 58.4 Å². The zero-order valence-corrected chi connectivity index (χ0v) is 18.3. The highest BCUT2D eigenvalue weighted by molar-refractivity contribution is 5.78. The van der Waals surface area contributed by atoms with Crippen molar-refractivity contribution in [3.05, 3.63) is 30.5 Å². The third-order valence-electron chi connectivity index (χ3n) is 5.58. The van der Waals surface area contributed by atoms with Gasteiger partial charge in [-0.1, -0.05) is 0 Å². The second-order valence-electron chi connectivity index (χ2n) is 8.15. The molecule has 0 spiro atoms. The molecule has 9 heteroatoms. The molecule has 0 bridgehead atoms. The number of carbonyl (C=O) groups is 2. The normalized spacial score (nSPS) is 14.5. The number of hydrogen-bond donors (Lipinski definition) is 2. The average Bonchev–Trinajstić information content (AvgIpc) is 3.34. The molecule has 0 saturated carbocycles. The largest absolute Gasteiger partial charge is 0.368 e. The molecule has 3 heterocycles. The predicted octanol–water partition coefficient (Wildman–Crippen LogP) is 2.18. The van der Waals surface area contributed by atoms with Crippen molar-refractivity contribution in [2.45, 2.75) is 33.2 Å². The van der Waals surface area contributed by atoms with E-state index in [0.717, 1.165) is 41.3 Å². The number of benzene rings is 1. The van der Waals surface area contributed by atoms with E-state index in [1.807, 2.05) is 15.8 Å². The SMILES string of the molecule is CC(=O)NCCC(=O)N1CCN(c2ccc(-c3nc4c(cnn4C(C)C)[nH]3)cc2)CC1. The molecule has 2 N–H and O–H groups in total. The van der Waals surface area contributed by atoms with Crippen LogP contribution in [0.4, 0.5) is 5.69 Å². The van der Waals surface area contributed by atoms with Gasteiger partial charge in [0.2, 0.25) is 11.8 Å². The maximum absolute atomic E-state index is 12.3. The molecule has 1 aliphatic heterocycles. The van der Waals surface area contributed by atoms with Crippen LogP contribution in [0.2, 0.25) is 0 Å². The molecule has 3 aromatic rings. The predicted molar refractivity (Wildman–Crippen MR) is 120 cm³/mol. The highest BCUT2D eigenvalue weighted by Gasteiger charge is 2.21. The van der Waals surface area contributed by atoms with Gasteiger partial charge < -0.3 is 20.1 Å². The fourth-order valence-corrected chi connectivity index (χ4v) is 3.88. The fourth-order valence-electron chi connectivity index (χ4n) is 3.88. The molecule has 1 saturated heterocycles. The van der Waals surface area contributed by atoms with Gasteiger partial charge >= 0.3 is 0 Å². The fraction of sp³-hybridized carbons (Fsp3) is 0.455.